The van der Waals surface area contributed by atoms with E-state index in [1.807, 2.05) is 31.0 Å². The van der Waals surface area contributed by atoms with Crippen molar-refractivity contribution >= 4 is 44.0 Å². The van der Waals surface area contributed by atoms with Gasteiger partial charge in [0.25, 0.3) is 0 Å². The topological polar surface area (TPSA) is 0 Å². The third kappa shape index (κ3) is 1.02. The maximum Gasteiger partial charge on any atom is 0.0410 e. The van der Waals surface area contributed by atoms with Gasteiger partial charge in [0.05, 0.1) is 0 Å². The lowest BCUT2D eigenvalue weighted by Gasteiger charge is -2.08. The molecule has 0 atom stereocenters. The fourth-order valence-corrected chi connectivity index (χ4v) is 10.5. The number of hydrogen-bond donors (Lipinski definition) is 0. The van der Waals surface area contributed by atoms with Crippen LogP contribution in [-0.2, 0) is 0 Å². The van der Waals surface area contributed by atoms with Crippen LogP contribution in [0.25, 0.3) is 4.91 Å². The second-order valence-corrected chi connectivity index (χ2v) is 12.6. The van der Waals surface area contributed by atoms with Gasteiger partial charge in [-0.3, -0.25) is 0 Å². The number of rotatable bonds is 1. The van der Waals surface area contributed by atoms with Crippen LogP contribution in [0, 0.1) is 0 Å². The van der Waals surface area contributed by atoms with Crippen LogP contribution in [0.2, 0.25) is 0 Å². The fraction of sp³-hybridized carbons (Fsp3) is 0. The van der Waals surface area contributed by atoms with E-state index in [1.54, 1.807) is 4.91 Å². The third-order valence-corrected chi connectivity index (χ3v) is 11.6. The lowest BCUT2D eigenvalue weighted by Crippen LogP contribution is -1.71. The number of thiophene rings is 1. The van der Waals surface area contributed by atoms with E-state index in [0.29, 0.717) is 0 Å². The number of allylic oxidation sites excluding steroid dienone is 2. The summed E-state index contributed by atoms with van der Waals surface area (Å²) in [5.41, 5.74) is 0. The van der Waals surface area contributed by atoms with Crippen LogP contribution in [-0.4, -0.2) is 0 Å². The highest BCUT2D eigenvalue weighted by Crippen LogP contribution is 3.01. The second kappa shape index (κ2) is 2.61. The summed E-state index contributed by atoms with van der Waals surface area (Å²) in [5.74, 6) is 0. The molecule has 1 fully saturated rings. The van der Waals surface area contributed by atoms with Gasteiger partial charge >= 0.3 is 0 Å². The molecule has 0 radical (unpaired) electrons. The Kier molecular flexibility index (Phi) is 1.66. The van der Waals surface area contributed by atoms with Crippen molar-refractivity contribution in [2.75, 3.05) is 0 Å². The molecule has 3 rings (SSSR count). The molecule has 1 saturated heterocycles. The van der Waals surface area contributed by atoms with Crippen molar-refractivity contribution in [2.45, 2.75) is 0 Å². The summed E-state index contributed by atoms with van der Waals surface area (Å²) in [6.45, 7) is 0. The standard InChI is InChI=1S/C8H6S4/c1-3-7(9-5-1)8-4-2-6-12(8)10-11-12/h1-6H. The molecular formula is C8H6S4. The molecule has 0 unspecified atom stereocenters. The van der Waals surface area contributed by atoms with Gasteiger partial charge in [-0.05, 0) is 42.6 Å². The maximum atomic E-state index is 2.37. The Balaban J connectivity index is 2.06. The van der Waals surface area contributed by atoms with Crippen molar-refractivity contribution in [2.24, 2.45) is 0 Å². The fourth-order valence-electron chi connectivity index (χ4n) is 1.19. The van der Waals surface area contributed by atoms with Crippen LogP contribution in [0.15, 0.2) is 35.1 Å². The summed E-state index contributed by atoms with van der Waals surface area (Å²) < 4.78 is 0. The van der Waals surface area contributed by atoms with E-state index < -0.39 is 8.09 Å². The lowest BCUT2D eigenvalue weighted by atomic mass is 10.4. The summed E-state index contributed by atoms with van der Waals surface area (Å²) in [6.07, 6.45) is 4.48. The zero-order chi connectivity index (χ0) is 8.02. The van der Waals surface area contributed by atoms with Crippen LogP contribution < -0.4 is 0 Å². The molecule has 0 N–H and O–H groups in total. The molecule has 62 valence electrons. The molecule has 12 heavy (non-hydrogen) atoms. The van der Waals surface area contributed by atoms with Gasteiger partial charge in [-0.25, -0.2) is 0 Å². The average Bonchev–Trinajstić information content (AvgIpc) is 2.51. The first-order chi connectivity index (χ1) is 5.91. The van der Waals surface area contributed by atoms with Crippen molar-refractivity contribution in [1.29, 1.82) is 0 Å². The van der Waals surface area contributed by atoms with E-state index in [4.69, 9.17) is 0 Å². The smallest absolute Gasteiger partial charge is 0.0410 e. The first-order valence-electron chi connectivity index (χ1n) is 3.54. The molecule has 0 aliphatic carbocycles. The summed E-state index contributed by atoms with van der Waals surface area (Å²) >= 11 is 1.85. The van der Waals surface area contributed by atoms with E-state index in [1.165, 1.54) is 4.88 Å². The molecule has 0 nitrogen and oxygen atoms in total. The zero-order valence-electron chi connectivity index (χ0n) is 6.10. The van der Waals surface area contributed by atoms with E-state index >= 15 is 0 Å². The Morgan fingerprint density at radius 2 is 2.17 bits per heavy atom. The van der Waals surface area contributed by atoms with Crippen molar-refractivity contribution in [3.63, 3.8) is 0 Å². The minimum Gasteiger partial charge on any atom is -0.143 e. The average molecular weight is 230 g/mol. The first-order valence-corrected chi connectivity index (χ1v) is 9.30. The van der Waals surface area contributed by atoms with E-state index in [9.17, 15) is 0 Å². The highest BCUT2D eigenvalue weighted by atomic mass is 34.1. The molecule has 4 heteroatoms. The van der Waals surface area contributed by atoms with Crippen molar-refractivity contribution in [1.82, 2.24) is 0 Å². The molecule has 2 aliphatic rings. The van der Waals surface area contributed by atoms with Gasteiger partial charge in [-0.15, -0.1) is 11.3 Å². The zero-order valence-corrected chi connectivity index (χ0v) is 9.36. The van der Waals surface area contributed by atoms with Crippen LogP contribution in [0.3, 0.4) is 0 Å². The Bertz CT molecular complexity index is 356. The minimum atomic E-state index is -0.536. The van der Waals surface area contributed by atoms with Gasteiger partial charge in [0.15, 0.2) is 0 Å². The van der Waals surface area contributed by atoms with Gasteiger partial charge in [-0.2, -0.15) is 0 Å². The normalized spacial score (nSPS) is 25.8. The summed E-state index contributed by atoms with van der Waals surface area (Å²) in [7, 11) is 3.54. The highest BCUT2D eigenvalue weighted by molar-refractivity contribution is 9.72. The molecule has 1 aromatic heterocycles. The van der Waals surface area contributed by atoms with Crippen LogP contribution in [0.1, 0.15) is 4.88 Å². The quantitative estimate of drug-likeness (QED) is 0.509. The molecule has 0 saturated carbocycles. The van der Waals surface area contributed by atoms with Gasteiger partial charge < -0.3 is 0 Å². The van der Waals surface area contributed by atoms with Gasteiger partial charge in [-0.1, -0.05) is 20.2 Å². The highest BCUT2D eigenvalue weighted by Gasteiger charge is 2.44. The Hall–Kier alpha value is 0.230. The molecule has 0 amide bonds. The summed E-state index contributed by atoms with van der Waals surface area (Å²) in [5, 5.41) is 4.52. The summed E-state index contributed by atoms with van der Waals surface area (Å²) in [6, 6.07) is 4.35. The molecular weight excluding hydrogens is 224 g/mol. The van der Waals surface area contributed by atoms with Crippen molar-refractivity contribution in [3.05, 3.63) is 40.0 Å². The molecule has 1 aromatic rings. The second-order valence-electron chi connectivity index (χ2n) is 2.52. The van der Waals surface area contributed by atoms with E-state index in [2.05, 4.69) is 35.1 Å². The Morgan fingerprint density at radius 3 is 2.83 bits per heavy atom. The third-order valence-electron chi connectivity index (χ3n) is 1.79. The number of hydrogen-bond acceptors (Lipinski definition) is 3. The largest absolute Gasteiger partial charge is 0.143 e. The molecule has 1 spiro atoms. The molecule has 0 aromatic carbocycles. The predicted molar refractivity (Wildman–Crippen MR) is 64.2 cm³/mol. The summed E-state index contributed by atoms with van der Waals surface area (Å²) in [4.78, 5) is 3.01. The van der Waals surface area contributed by atoms with Crippen molar-refractivity contribution < 1.29 is 0 Å². The van der Waals surface area contributed by atoms with Gasteiger partial charge in [0.1, 0.15) is 0 Å². The Morgan fingerprint density at radius 1 is 1.25 bits per heavy atom. The van der Waals surface area contributed by atoms with Gasteiger partial charge in [0, 0.05) is 9.78 Å². The lowest BCUT2D eigenvalue weighted by molar-refractivity contribution is 1.93. The minimum absolute atomic E-state index is 0.536. The van der Waals surface area contributed by atoms with Crippen LogP contribution in [0.4, 0.5) is 0 Å². The molecule has 2 aliphatic heterocycles. The van der Waals surface area contributed by atoms with Gasteiger partial charge in [0.2, 0.25) is 0 Å². The monoisotopic (exact) mass is 230 g/mol. The SMILES string of the molecule is C1=CS2(SS2)C(c2cccs2)=C1. The predicted octanol–water partition coefficient (Wildman–Crippen LogP) is 4.65. The Labute approximate surface area is 83.6 Å². The molecule has 3 heterocycles. The van der Waals surface area contributed by atoms with E-state index in [-0.39, 0.29) is 0 Å². The van der Waals surface area contributed by atoms with Crippen LogP contribution >= 0.6 is 39.1 Å². The molecule has 0 bridgehead atoms. The van der Waals surface area contributed by atoms with Crippen LogP contribution in [0.5, 0.6) is 0 Å². The maximum absolute atomic E-state index is 2.37. The first kappa shape index (κ1) is 7.62. The van der Waals surface area contributed by atoms with E-state index in [0.717, 1.165) is 0 Å². The van der Waals surface area contributed by atoms with Crippen molar-refractivity contribution in [3.8, 4) is 0 Å².